The molecule has 5 atom stereocenters. The Bertz CT molecular complexity index is 1780. The number of carbonyl (C=O) groups is 2. The SMILES string of the molecule is COC1=C(Br)C(O)C2(C=C1Br)CC(C(=O)NCCCOc1c(Br)cc(C(O)CNC(=O)C3=NOC4(C=C(Br)C(OC)=C(Br)C4O)C3)cc1Br)=NO2. The fraction of sp³-hybridized carbons (Fsp3) is 0.419. The van der Waals surface area contributed by atoms with Crippen molar-refractivity contribution in [1.29, 1.82) is 0 Å². The van der Waals surface area contributed by atoms with Crippen molar-refractivity contribution in [2.75, 3.05) is 33.9 Å². The van der Waals surface area contributed by atoms with Crippen molar-refractivity contribution in [1.82, 2.24) is 10.6 Å². The van der Waals surface area contributed by atoms with Crippen molar-refractivity contribution >= 4 is 119 Å². The predicted octanol–water partition coefficient (Wildman–Crippen LogP) is 5.09. The summed E-state index contributed by atoms with van der Waals surface area (Å²) in [6, 6.07) is 3.34. The summed E-state index contributed by atoms with van der Waals surface area (Å²) in [5, 5.41) is 45.8. The van der Waals surface area contributed by atoms with E-state index in [4.69, 9.17) is 23.9 Å². The third-order valence-corrected chi connectivity index (χ3v) is 12.1. The van der Waals surface area contributed by atoms with E-state index in [0.29, 0.717) is 56.1 Å². The average molecular weight is 1100 g/mol. The van der Waals surface area contributed by atoms with Crippen LogP contribution in [0.5, 0.6) is 5.75 Å². The molecule has 2 heterocycles. The number of hydrogen-bond acceptors (Lipinski definition) is 12. The molecular weight excluding hydrogens is 1070 g/mol. The van der Waals surface area contributed by atoms with Crippen LogP contribution in [0.1, 0.15) is 30.9 Å². The molecule has 5 unspecified atom stereocenters. The number of halogens is 6. The normalized spacial score (nSPS) is 26.2. The minimum Gasteiger partial charge on any atom is -0.495 e. The summed E-state index contributed by atoms with van der Waals surface area (Å²) in [6.07, 6.45) is 0.350. The second-order valence-electron chi connectivity index (χ2n) is 11.6. The van der Waals surface area contributed by atoms with E-state index in [1.54, 1.807) is 24.3 Å². The topological polar surface area (TPSA) is 190 Å². The van der Waals surface area contributed by atoms with E-state index in [-0.39, 0.29) is 44.0 Å². The molecule has 1 aromatic carbocycles. The highest BCUT2D eigenvalue weighted by molar-refractivity contribution is 9.12. The largest absolute Gasteiger partial charge is 0.495 e. The first-order chi connectivity index (χ1) is 24.2. The first-order valence-corrected chi connectivity index (χ1v) is 19.8. The van der Waals surface area contributed by atoms with Crippen LogP contribution in [0.15, 0.2) is 73.0 Å². The lowest BCUT2D eigenvalue weighted by molar-refractivity contribution is -0.116. The first kappa shape index (κ1) is 40.4. The number of oxime groups is 2. The van der Waals surface area contributed by atoms with Gasteiger partial charge >= 0.3 is 0 Å². The van der Waals surface area contributed by atoms with Crippen molar-refractivity contribution in [2.24, 2.45) is 10.3 Å². The van der Waals surface area contributed by atoms with Gasteiger partial charge in [0.05, 0.1) is 53.8 Å². The molecule has 2 aliphatic carbocycles. The van der Waals surface area contributed by atoms with Crippen molar-refractivity contribution in [3.8, 4) is 5.75 Å². The monoisotopic (exact) mass is 1090 g/mol. The zero-order valence-corrected chi connectivity index (χ0v) is 36.2. The molecule has 1 aromatic rings. The van der Waals surface area contributed by atoms with E-state index in [2.05, 4.69) is 117 Å². The Morgan fingerprint density at radius 2 is 1.33 bits per heavy atom. The Morgan fingerprint density at radius 3 is 1.80 bits per heavy atom. The van der Waals surface area contributed by atoms with E-state index in [1.165, 1.54) is 14.2 Å². The number of aliphatic hydroxyl groups is 3. The number of rotatable bonds is 12. The molecule has 276 valence electrons. The number of methoxy groups -OCH3 is 2. The summed E-state index contributed by atoms with van der Waals surface area (Å²) in [5.41, 5.74) is -1.87. The third kappa shape index (κ3) is 8.33. The summed E-state index contributed by atoms with van der Waals surface area (Å²) in [5.74, 6) is 0.324. The lowest BCUT2D eigenvalue weighted by Crippen LogP contribution is -2.45. The standard InChI is InChI=1S/C31H30Br6N4O10/c1-47-24-16(34)8-30(26(43)21(24)36)10-18(40-50-30)28(45)38-4-3-5-49-23-14(32)6-13(7-15(23)33)20(42)12-39-29(46)19-11-31(51-41-19)9-17(35)25(48-2)22(37)27(31)44/h6-9,20,26-27,42-44H,3-5,10-12H2,1-2H3,(H,38,45)(H,39,46). The Balaban J connectivity index is 1.06. The number of ether oxygens (including phenoxy) is 3. The molecule has 0 saturated heterocycles. The lowest BCUT2D eigenvalue weighted by Gasteiger charge is -2.33. The number of nitrogens with one attached hydrogen (secondary N) is 2. The van der Waals surface area contributed by atoms with Gasteiger partial charge in [-0.2, -0.15) is 0 Å². The average Bonchev–Trinajstić information content (AvgIpc) is 3.72. The molecule has 0 aromatic heterocycles. The van der Waals surface area contributed by atoms with Gasteiger partial charge in [0.25, 0.3) is 11.8 Å². The lowest BCUT2D eigenvalue weighted by atomic mass is 9.87. The summed E-state index contributed by atoms with van der Waals surface area (Å²) in [7, 11) is 2.94. The van der Waals surface area contributed by atoms with Crippen LogP contribution in [0, 0.1) is 0 Å². The second-order valence-corrected chi connectivity index (χ2v) is 16.7. The molecule has 2 amide bonds. The van der Waals surface area contributed by atoms with E-state index >= 15 is 0 Å². The summed E-state index contributed by atoms with van der Waals surface area (Å²) in [6.45, 7) is 0.400. The van der Waals surface area contributed by atoms with Gasteiger partial charge in [-0.05, 0) is 132 Å². The van der Waals surface area contributed by atoms with Crippen LogP contribution in [0.3, 0.4) is 0 Å². The smallest absolute Gasteiger partial charge is 0.269 e. The minimum absolute atomic E-state index is 0.0140. The van der Waals surface area contributed by atoms with Crippen molar-refractivity contribution < 1.29 is 48.8 Å². The quantitative estimate of drug-likeness (QED) is 0.177. The Kier molecular flexibility index (Phi) is 13.2. The molecule has 2 aliphatic heterocycles. The third-order valence-electron chi connectivity index (χ3n) is 8.20. The fourth-order valence-electron chi connectivity index (χ4n) is 5.51. The zero-order chi connectivity index (χ0) is 37.2. The van der Waals surface area contributed by atoms with Gasteiger partial charge < -0.3 is 49.8 Å². The van der Waals surface area contributed by atoms with Gasteiger partial charge in [0.2, 0.25) is 0 Å². The van der Waals surface area contributed by atoms with Crippen LogP contribution >= 0.6 is 95.6 Å². The second kappa shape index (κ2) is 16.7. The van der Waals surface area contributed by atoms with E-state index < -0.39 is 41.3 Å². The fourth-order valence-corrected chi connectivity index (χ4v) is 10.5. The minimum atomic E-state index is -1.30. The highest BCUT2D eigenvalue weighted by Crippen LogP contribution is 2.45. The van der Waals surface area contributed by atoms with Crippen molar-refractivity contribution in [2.45, 2.75) is 48.8 Å². The number of hydrogen-bond donors (Lipinski definition) is 5. The molecule has 20 heteroatoms. The first-order valence-electron chi connectivity index (χ1n) is 15.0. The van der Waals surface area contributed by atoms with Gasteiger partial charge in [-0.3, -0.25) is 9.59 Å². The maximum Gasteiger partial charge on any atom is 0.269 e. The molecule has 0 saturated carbocycles. The van der Waals surface area contributed by atoms with Gasteiger partial charge in [-0.1, -0.05) is 10.3 Å². The molecular formula is C31H30Br6N4O10. The molecule has 14 nitrogen and oxygen atoms in total. The molecule has 0 radical (unpaired) electrons. The number of carbonyl (C=O) groups excluding carboxylic acids is 2. The van der Waals surface area contributed by atoms with Crippen LogP contribution in [-0.2, 0) is 28.7 Å². The zero-order valence-electron chi connectivity index (χ0n) is 26.6. The van der Waals surface area contributed by atoms with Crippen LogP contribution in [0.25, 0.3) is 0 Å². The number of amides is 2. The van der Waals surface area contributed by atoms with E-state index in [0.717, 1.165) is 0 Å². The number of benzene rings is 1. The molecule has 51 heavy (non-hydrogen) atoms. The van der Waals surface area contributed by atoms with Crippen LogP contribution < -0.4 is 15.4 Å². The molecule has 5 rings (SSSR count). The molecule has 2 spiro atoms. The molecule has 5 N–H and O–H groups in total. The predicted molar refractivity (Wildman–Crippen MR) is 207 cm³/mol. The maximum absolute atomic E-state index is 12.9. The van der Waals surface area contributed by atoms with Gasteiger partial charge in [-0.25, -0.2) is 0 Å². The van der Waals surface area contributed by atoms with Crippen molar-refractivity contribution in [3.05, 3.63) is 68.2 Å². The van der Waals surface area contributed by atoms with Gasteiger partial charge in [0.1, 0.15) is 40.9 Å². The number of allylic oxidation sites excluding steroid dienone is 2. The highest BCUT2D eigenvalue weighted by Gasteiger charge is 2.52. The number of aliphatic hydroxyl groups excluding tert-OH is 3. The van der Waals surface area contributed by atoms with Gasteiger partial charge in [0.15, 0.2) is 11.2 Å². The highest BCUT2D eigenvalue weighted by atomic mass is 79.9. The van der Waals surface area contributed by atoms with Gasteiger partial charge in [0, 0.05) is 25.9 Å². The van der Waals surface area contributed by atoms with Crippen LogP contribution in [0.2, 0.25) is 0 Å². The summed E-state index contributed by atoms with van der Waals surface area (Å²) in [4.78, 5) is 36.8. The Hall–Kier alpha value is -1.78. The van der Waals surface area contributed by atoms with E-state index in [1.807, 2.05) is 0 Å². The van der Waals surface area contributed by atoms with Crippen molar-refractivity contribution in [3.63, 3.8) is 0 Å². The molecule has 0 fully saturated rings. The van der Waals surface area contributed by atoms with E-state index in [9.17, 15) is 24.9 Å². The van der Waals surface area contributed by atoms with Gasteiger partial charge in [-0.15, -0.1) is 0 Å². The van der Waals surface area contributed by atoms with Crippen LogP contribution in [0.4, 0.5) is 0 Å². The molecule has 0 bridgehead atoms. The Labute approximate surface area is 342 Å². The summed E-state index contributed by atoms with van der Waals surface area (Å²) >= 11 is 20.4. The summed E-state index contributed by atoms with van der Waals surface area (Å²) < 4.78 is 19.4. The maximum atomic E-state index is 12.9. The Morgan fingerprint density at radius 1 is 0.863 bits per heavy atom. The van der Waals surface area contributed by atoms with Crippen LogP contribution in [-0.4, -0.2) is 95.9 Å². The number of nitrogens with zero attached hydrogens (tertiary/aromatic N) is 2. The molecule has 4 aliphatic rings.